The molecule has 0 atom stereocenters. The van der Waals surface area contributed by atoms with Crippen molar-refractivity contribution in [2.24, 2.45) is 0 Å². The third-order valence-corrected chi connectivity index (χ3v) is 4.65. The van der Waals surface area contributed by atoms with Crippen LogP contribution < -0.4 is 0 Å². The predicted molar refractivity (Wildman–Crippen MR) is 97.3 cm³/mol. The lowest BCUT2D eigenvalue weighted by molar-refractivity contribution is -0.156. The van der Waals surface area contributed by atoms with Crippen LogP contribution in [0.1, 0.15) is 36.7 Å². The third kappa shape index (κ3) is 6.21. The molecule has 0 saturated carbocycles. The van der Waals surface area contributed by atoms with E-state index in [-0.39, 0.29) is 18.1 Å². The summed E-state index contributed by atoms with van der Waals surface area (Å²) >= 11 is 3.15. The number of carbonyl (C=O) groups is 2. The fraction of sp³-hybridized carbons (Fsp3) is 0.556. The standard InChI is InChI=1S/C18H22BrF3N2O3/c1-17(2,3)27-15(25)11-23-6-8-24(9-7-23)16(26)13-10-12(18(20,21)22)4-5-14(13)19/h4-5,10H,6-9,11H2,1-3H3. The van der Waals surface area contributed by atoms with E-state index < -0.39 is 23.2 Å². The summed E-state index contributed by atoms with van der Waals surface area (Å²) in [6, 6.07) is 3.02. The van der Waals surface area contributed by atoms with Crippen LogP contribution in [0.15, 0.2) is 22.7 Å². The maximum absolute atomic E-state index is 12.9. The van der Waals surface area contributed by atoms with Gasteiger partial charge in [0.1, 0.15) is 5.60 Å². The molecule has 0 radical (unpaired) electrons. The maximum Gasteiger partial charge on any atom is 0.416 e. The Morgan fingerprint density at radius 2 is 1.70 bits per heavy atom. The molecule has 1 aromatic carbocycles. The second-order valence-electron chi connectivity index (χ2n) is 7.35. The van der Waals surface area contributed by atoms with Gasteiger partial charge in [0, 0.05) is 30.7 Å². The van der Waals surface area contributed by atoms with Crippen LogP contribution in [0.4, 0.5) is 13.2 Å². The zero-order valence-corrected chi connectivity index (χ0v) is 17.0. The minimum atomic E-state index is -4.51. The molecular weight excluding hydrogens is 429 g/mol. The number of nitrogens with zero attached hydrogens (tertiary/aromatic N) is 2. The predicted octanol–water partition coefficient (Wildman–Crippen LogP) is 3.57. The van der Waals surface area contributed by atoms with Gasteiger partial charge in [-0.2, -0.15) is 13.2 Å². The van der Waals surface area contributed by atoms with Gasteiger partial charge in [-0.15, -0.1) is 0 Å². The number of ether oxygens (including phenoxy) is 1. The minimum Gasteiger partial charge on any atom is -0.459 e. The molecule has 150 valence electrons. The van der Waals surface area contributed by atoms with E-state index in [9.17, 15) is 22.8 Å². The lowest BCUT2D eigenvalue weighted by Gasteiger charge is -2.34. The Hall–Kier alpha value is -1.61. The molecule has 0 aromatic heterocycles. The topological polar surface area (TPSA) is 49.9 Å². The first-order chi connectivity index (χ1) is 12.4. The fourth-order valence-electron chi connectivity index (χ4n) is 2.70. The van der Waals surface area contributed by atoms with E-state index in [1.54, 1.807) is 20.8 Å². The quantitative estimate of drug-likeness (QED) is 0.660. The number of halogens is 4. The Morgan fingerprint density at radius 3 is 2.22 bits per heavy atom. The van der Waals surface area contributed by atoms with Crippen molar-refractivity contribution < 1.29 is 27.5 Å². The van der Waals surface area contributed by atoms with Crippen LogP contribution in [0.2, 0.25) is 0 Å². The molecule has 1 amide bonds. The lowest BCUT2D eigenvalue weighted by atomic mass is 10.1. The Morgan fingerprint density at radius 1 is 1.11 bits per heavy atom. The Kier molecular flexibility index (Phi) is 6.57. The Bertz CT molecular complexity index is 709. The van der Waals surface area contributed by atoms with E-state index in [1.165, 1.54) is 11.0 Å². The van der Waals surface area contributed by atoms with Gasteiger partial charge in [-0.05, 0) is 54.9 Å². The van der Waals surface area contributed by atoms with Crippen molar-refractivity contribution in [3.05, 3.63) is 33.8 Å². The summed E-state index contributed by atoms with van der Waals surface area (Å²) in [7, 11) is 0. The van der Waals surface area contributed by atoms with E-state index in [2.05, 4.69) is 15.9 Å². The number of amides is 1. The van der Waals surface area contributed by atoms with Crippen molar-refractivity contribution in [3.8, 4) is 0 Å². The average molecular weight is 451 g/mol. The van der Waals surface area contributed by atoms with Crippen molar-refractivity contribution in [3.63, 3.8) is 0 Å². The molecule has 1 aliphatic heterocycles. The number of alkyl halides is 3. The second kappa shape index (κ2) is 8.18. The number of benzene rings is 1. The van der Waals surface area contributed by atoms with E-state index in [0.717, 1.165) is 12.1 Å². The Labute approximate surface area is 164 Å². The zero-order chi connectivity index (χ0) is 20.4. The number of carbonyl (C=O) groups excluding carboxylic acids is 2. The highest BCUT2D eigenvalue weighted by Gasteiger charge is 2.33. The van der Waals surface area contributed by atoms with Crippen LogP contribution in [-0.2, 0) is 15.7 Å². The van der Waals surface area contributed by atoms with Gasteiger partial charge in [0.05, 0.1) is 17.7 Å². The molecule has 0 bridgehead atoms. The van der Waals surface area contributed by atoms with Crippen molar-refractivity contribution in [2.75, 3.05) is 32.7 Å². The van der Waals surface area contributed by atoms with Crippen LogP contribution in [0.3, 0.4) is 0 Å². The summed E-state index contributed by atoms with van der Waals surface area (Å²) in [5.41, 5.74) is -1.45. The van der Waals surface area contributed by atoms with E-state index in [4.69, 9.17) is 4.74 Å². The molecule has 1 aliphatic rings. The van der Waals surface area contributed by atoms with Gasteiger partial charge in [-0.3, -0.25) is 14.5 Å². The molecule has 0 aliphatic carbocycles. The molecule has 1 saturated heterocycles. The first kappa shape index (κ1) is 21.7. The monoisotopic (exact) mass is 450 g/mol. The smallest absolute Gasteiger partial charge is 0.416 e. The van der Waals surface area contributed by atoms with Crippen LogP contribution in [-0.4, -0.2) is 60.0 Å². The SMILES string of the molecule is CC(C)(C)OC(=O)CN1CCN(C(=O)c2cc(C(F)(F)F)ccc2Br)CC1. The van der Waals surface area contributed by atoms with E-state index in [0.29, 0.717) is 30.7 Å². The average Bonchev–Trinajstić information content (AvgIpc) is 2.52. The number of esters is 1. The summed E-state index contributed by atoms with van der Waals surface area (Å²) in [5, 5.41) is 0. The Balaban J connectivity index is 1.98. The summed E-state index contributed by atoms with van der Waals surface area (Å²) in [6.07, 6.45) is -4.51. The summed E-state index contributed by atoms with van der Waals surface area (Å²) < 4.78 is 44.3. The number of rotatable bonds is 3. The minimum absolute atomic E-state index is 0.0228. The van der Waals surface area contributed by atoms with Crippen molar-refractivity contribution in [2.45, 2.75) is 32.5 Å². The normalized spacial score (nSPS) is 16.3. The molecule has 5 nitrogen and oxygen atoms in total. The maximum atomic E-state index is 12.9. The number of piperazine rings is 1. The summed E-state index contributed by atoms with van der Waals surface area (Å²) in [4.78, 5) is 27.9. The molecule has 9 heteroatoms. The molecule has 2 rings (SSSR count). The molecule has 0 spiro atoms. The van der Waals surface area contributed by atoms with Crippen molar-refractivity contribution in [1.82, 2.24) is 9.80 Å². The summed E-state index contributed by atoms with van der Waals surface area (Å²) in [5.74, 6) is -0.812. The fourth-order valence-corrected chi connectivity index (χ4v) is 3.12. The number of hydrogen-bond acceptors (Lipinski definition) is 4. The molecular formula is C18H22BrF3N2O3. The van der Waals surface area contributed by atoms with Gasteiger partial charge in [0.2, 0.25) is 0 Å². The highest BCUT2D eigenvalue weighted by molar-refractivity contribution is 9.10. The van der Waals surface area contributed by atoms with Crippen LogP contribution in [0.5, 0.6) is 0 Å². The van der Waals surface area contributed by atoms with Crippen molar-refractivity contribution >= 4 is 27.8 Å². The van der Waals surface area contributed by atoms with Gasteiger partial charge in [-0.25, -0.2) is 0 Å². The number of hydrogen-bond donors (Lipinski definition) is 0. The summed E-state index contributed by atoms with van der Waals surface area (Å²) in [6.45, 7) is 7.02. The van der Waals surface area contributed by atoms with Gasteiger partial charge in [0.15, 0.2) is 0 Å². The van der Waals surface area contributed by atoms with Gasteiger partial charge in [-0.1, -0.05) is 0 Å². The first-order valence-corrected chi connectivity index (χ1v) is 9.26. The highest BCUT2D eigenvalue weighted by Crippen LogP contribution is 2.32. The van der Waals surface area contributed by atoms with Crippen LogP contribution >= 0.6 is 15.9 Å². The molecule has 1 aromatic rings. The highest BCUT2D eigenvalue weighted by atomic mass is 79.9. The van der Waals surface area contributed by atoms with Gasteiger partial charge >= 0.3 is 12.1 Å². The lowest BCUT2D eigenvalue weighted by Crippen LogP contribution is -2.50. The first-order valence-electron chi connectivity index (χ1n) is 8.47. The van der Waals surface area contributed by atoms with E-state index >= 15 is 0 Å². The second-order valence-corrected chi connectivity index (χ2v) is 8.20. The zero-order valence-electron chi connectivity index (χ0n) is 15.4. The molecule has 1 fully saturated rings. The van der Waals surface area contributed by atoms with Crippen LogP contribution in [0, 0.1) is 0 Å². The third-order valence-electron chi connectivity index (χ3n) is 3.96. The van der Waals surface area contributed by atoms with Gasteiger partial charge < -0.3 is 9.64 Å². The molecule has 0 N–H and O–H groups in total. The van der Waals surface area contributed by atoms with Crippen LogP contribution in [0.25, 0.3) is 0 Å². The molecule has 0 unspecified atom stereocenters. The molecule has 1 heterocycles. The largest absolute Gasteiger partial charge is 0.459 e. The van der Waals surface area contributed by atoms with E-state index in [1.807, 2.05) is 4.90 Å². The van der Waals surface area contributed by atoms with Crippen molar-refractivity contribution in [1.29, 1.82) is 0 Å². The van der Waals surface area contributed by atoms with Gasteiger partial charge in [0.25, 0.3) is 5.91 Å². The molecule has 27 heavy (non-hydrogen) atoms.